The SMILES string of the molecule is COC(=O)[C@](N)(Cc1ccc(F)cc1)c1ccccc1. The maximum Gasteiger partial charge on any atom is 0.330 e. The van der Waals surface area contributed by atoms with Crippen LogP contribution in [0.15, 0.2) is 54.6 Å². The van der Waals surface area contributed by atoms with Crippen LogP contribution in [0.2, 0.25) is 0 Å². The molecule has 2 rings (SSSR count). The molecular weight excluding hydrogens is 257 g/mol. The van der Waals surface area contributed by atoms with Crippen LogP contribution in [-0.2, 0) is 21.5 Å². The van der Waals surface area contributed by atoms with Gasteiger partial charge in [-0.05, 0) is 23.3 Å². The van der Waals surface area contributed by atoms with E-state index in [0.717, 1.165) is 5.56 Å². The van der Waals surface area contributed by atoms with E-state index in [4.69, 9.17) is 10.5 Å². The Morgan fingerprint density at radius 2 is 1.75 bits per heavy atom. The van der Waals surface area contributed by atoms with Gasteiger partial charge in [0.15, 0.2) is 0 Å². The van der Waals surface area contributed by atoms with Crippen LogP contribution in [0.25, 0.3) is 0 Å². The third-order valence-electron chi connectivity index (χ3n) is 3.23. The summed E-state index contributed by atoms with van der Waals surface area (Å²) in [5.41, 5.74) is 6.42. The predicted molar refractivity (Wildman–Crippen MR) is 74.4 cm³/mol. The highest BCUT2D eigenvalue weighted by Gasteiger charge is 2.37. The smallest absolute Gasteiger partial charge is 0.330 e. The standard InChI is InChI=1S/C16H16FNO2/c1-20-15(19)16(18,13-5-3-2-4-6-13)11-12-7-9-14(17)10-8-12/h2-10H,11,18H2,1H3/t16-/m0/s1. The predicted octanol–water partition coefficient (Wildman–Crippen LogP) is 2.40. The molecule has 0 saturated heterocycles. The van der Waals surface area contributed by atoms with Gasteiger partial charge < -0.3 is 10.5 Å². The summed E-state index contributed by atoms with van der Waals surface area (Å²) in [6, 6.07) is 14.9. The molecule has 0 unspecified atom stereocenters. The van der Waals surface area contributed by atoms with Crippen LogP contribution >= 0.6 is 0 Å². The molecule has 0 spiro atoms. The Bertz CT molecular complexity index is 583. The zero-order valence-corrected chi connectivity index (χ0v) is 11.2. The minimum absolute atomic E-state index is 0.240. The number of esters is 1. The van der Waals surface area contributed by atoms with Gasteiger partial charge in [-0.3, -0.25) is 0 Å². The molecule has 0 bridgehead atoms. The van der Waals surface area contributed by atoms with E-state index in [2.05, 4.69) is 0 Å². The van der Waals surface area contributed by atoms with Gasteiger partial charge in [0.25, 0.3) is 0 Å². The van der Waals surface area contributed by atoms with Gasteiger partial charge in [0, 0.05) is 6.42 Å². The summed E-state index contributed by atoms with van der Waals surface area (Å²) in [7, 11) is 1.30. The summed E-state index contributed by atoms with van der Waals surface area (Å²) >= 11 is 0. The number of nitrogens with two attached hydrogens (primary N) is 1. The first-order valence-electron chi connectivity index (χ1n) is 6.23. The summed E-state index contributed by atoms with van der Waals surface area (Å²) in [4.78, 5) is 12.1. The highest BCUT2D eigenvalue weighted by molar-refractivity contribution is 5.82. The molecule has 2 aromatic carbocycles. The van der Waals surface area contributed by atoms with Crippen molar-refractivity contribution in [2.75, 3.05) is 7.11 Å². The van der Waals surface area contributed by atoms with Crippen LogP contribution < -0.4 is 5.73 Å². The van der Waals surface area contributed by atoms with Crippen molar-refractivity contribution in [3.63, 3.8) is 0 Å². The van der Waals surface area contributed by atoms with Crippen molar-refractivity contribution in [1.82, 2.24) is 0 Å². The molecule has 0 radical (unpaired) electrons. The summed E-state index contributed by atoms with van der Waals surface area (Å²) in [5, 5.41) is 0. The van der Waals surface area contributed by atoms with Gasteiger partial charge in [0.1, 0.15) is 11.4 Å². The highest BCUT2D eigenvalue weighted by atomic mass is 19.1. The summed E-state index contributed by atoms with van der Waals surface area (Å²) in [5.74, 6) is -0.845. The van der Waals surface area contributed by atoms with Crippen molar-refractivity contribution in [1.29, 1.82) is 0 Å². The van der Waals surface area contributed by atoms with E-state index in [1.54, 1.807) is 24.3 Å². The molecule has 0 amide bonds. The third-order valence-corrected chi connectivity index (χ3v) is 3.23. The van der Waals surface area contributed by atoms with Crippen LogP contribution in [0.3, 0.4) is 0 Å². The van der Waals surface area contributed by atoms with Crippen LogP contribution in [0.5, 0.6) is 0 Å². The molecule has 0 heterocycles. The second kappa shape index (κ2) is 5.84. The van der Waals surface area contributed by atoms with Gasteiger partial charge in [0.05, 0.1) is 7.11 Å². The molecule has 0 aromatic heterocycles. The number of rotatable bonds is 4. The van der Waals surface area contributed by atoms with Crippen molar-refractivity contribution < 1.29 is 13.9 Å². The molecule has 0 aliphatic heterocycles. The Hall–Kier alpha value is -2.20. The second-order valence-corrected chi connectivity index (χ2v) is 4.63. The van der Waals surface area contributed by atoms with Crippen molar-refractivity contribution >= 4 is 5.97 Å². The van der Waals surface area contributed by atoms with Crippen molar-refractivity contribution in [2.24, 2.45) is 5.73 Å². The van der Waals surface area contributed by atoms with Crippen LogP contribution in [0.4, 0.5) is 4.39 Å². The number of carbonyl (C=O) groups is 1. The molecule has 2 aromatic rings. The van der Waals surface area contributed by atoms with E-state index in [-0.39, 0.29) is 12.2 Å². The molecule has 2 N–H and O–H groups in total. The molecule has 4 heteroatoms. The third kappa shape index (κ3) is 2.86. The molecule has 3 nitrogen and oxygen atoms in total. The quantitative estimate of drug-likeness (QED) is 0.870. The van der Waals surface area contributed by atoms with Crippen molar-refractivity contribution in [2.45, 2.75) is 12.0 Å². The number of halogens is 1. The molecule has 0 aliphatic carbocycles. The van der Waals surface area contributed by atoms with E-state index in [1.165, 1.54) is 19.2 Å². The van der Waals surface area contributed by atoms with Gasteiger partial charge in [-0.1, -0.05) is 42.5 Å². The largest absolute Gasteiger partial charge is 0.467 e. The Balaban J connectivity index is 2.38. The number of methoxy groups -OCH3 is 1. The van der Waals surface area contributed by atoms with Gasteiger partial charge in [-0.25, -0.2) is 9.18 Å². The topological polar surface area (TPSA) is 52.3 Å². The Labute approximate surface area is 117 Å². The fourth-order valence-electron chi connectivity index (χ4n) is 2.13. The lowest BCUT2D eigenvalue weighted by atomic mass is 9.85. The average molecular weight is 273 g/mol. The van der Waals surface area contributed by atoms with Gasteiger partial charge in [-0.2, -0.15) is 0 Å². The Morgan fingerprint density at radius 3 is 2.30 bits per heavy atom. The first-order valence-corrected chi connectivity index (χ1v) is 6.23. The Kier molecular flexibility index (Phi) is 4.15. The minimum Gasteiger partial charge on any atom is -0.467 e. The van der Waals surface area contributed by atoms with Crippen LogP contribution in [0.1, 0.15) is 11.1 Å². The van der Waals surface area contributed by atoms with E-state index in [9.17, 15) is 9.18 Å². The molecular formula is C16H16FNO2. The van der Waals surface area contributed by atoms with Gasteiger partial charge >= 0.3 is 5.97 Å². The van der Waals surface area contributed by atoms with Gasteiger partial charge in [-0.15, -0.1) is 0 Å². The highest BCUT2D eigenvalue weighted by Crippen LogP contribution is 2.25. The number of ether oxygens (including phenoxy) is 1. The number of benzene rings is 2. The Morgan fingerprint density at radius 1 is 1.15 bits per heavy atom. The normalized spacial score (nSPS) is 13.6. The summed E-state index contributed by atoms with van der Waals surface area (Å²) < 4.78 is 17.8. The molecule has 0 saturated carbocycles. The van der Waals surface area contributed by atoms with E-state index < -0.39 is 11.5 Å². The van der Waals surface area contributed by atoms with E-state index in [1.807, 2.05) is 18.2 Å². The molecule has 1 atom stereocenters. The fourth-order valence-corrected chi connectivity index (χ4v) is 2.13. The zero-order valence-electron chi connectivity index (χ0n) is 11.2. The van der Waals surface area contributed by atoms with Crippen molar-refractivity contribution in [3.8, 4) is 0 Å². The first-order chi connectivity index (χ1) is 9.56. The lowest BCUT2D eigenvalue weighted by Crippen LogP contribution is -2.47. The first kappa shape index (κ1) is 14.2. The number of carbonyl (C=O) groups excluding carboxylic acids is 1. The van der Waals surface area contributed by atoms with Gasteiger partial charge in [0.2, 0.25) is 0 Å². The lowest BCUT2D eigenvalue weighted by molar-refractivity contribution is -0.147. The molecule has 20 heavy (non-hydrogen) atoms. The van der Waals surface area contributed by atoms with Crippen LogP contribution in [0, 0.1) is 5.82 Å². The van der Waals surface area contributed by atoms with E-state index >= 15 is 0 Å². The molecule has 104 valence electrons. The van der Waals surface area contributed by atoms with Crippen molar-refractivity contribution in [3.05, 3.63) is 71.5 Å². The minimum atomic E-state index is -1.28. The number of hydrogen-bond acceptors (Lipinski definition) is 3. The monoisotopic (exact) mass is 273 g/mol. The molecule has 0 aliphatic rings. The lowest BCUT2D eigenvalue weighted by Gasteiger charge is -2.27. The summed E-state index contributed by atoms with van der Waals surface area (Å²) in [6.07, 6.45) is 0.240. The fraction of sp³-hybridized carbons (Fsp3) is 0.188. The average Bonchev–Trinajstić information content (AvgIpc) is 2.49. The maximum absolute atomic E-state index is 12.9. The molecule has 0 fully saturated rings. The summed E-state index contributed by atoms with van der Waals surface area (Å²) in [6.45, 7) is 0. The van der Waals surface area contributed by atoms with E-state index in [0.29, 0.717) is 5.56 Å². The van der Waals surface area contributed by atoms with Crippen LogP contribution in [-0.4, -0.2) is 13.1 Å². The number of hydrogen-bond donors (Lipinski definition) is 1. The second-order valence-electron chi connectivity index (χ2n) is 4.63. The zero-order chi connectivity index (χ0) is 14.6. The maximum atomic E-state index is 12.9.